The van der Waals surface area contributed by atoms with Gasteiger partial charge in [0.15, 0.2) is 0 Å². The Bertz CT molecular complexity index is 921. The Morgan fingerprint density at radius 3 is 2.31 bits per heavy atom. The first kappa shape index (κ1) is 21.0. The quantitative estimate of drug-likeness (QED) is 0.162. The van der Waals surface area contributed by atoms with Crippen molar-refractivity contribution >= 4 is 18.0 Å². The monoisotopic (exact) mass is 391 g/mol. The molecular weight excluding hydrogens is 362 g/mol. The number of ketones is 1. The molecule has 0 spiro atoms. The number of hydrogen-bond acceptors (Lipinski definition) is 4. The van der Waals surface area contributed by atoms with Gasteiger partial charge in [-0.2, -0.15) is 0 Å². The summed E-state index contributed by atoms with van der Waals surface area (Å²) in [7, 11) is 0. The maximum Gasteiger partial charge on any atom is 0.323 e. The smallest absolute Gasteiger partial charge is 0.321 e. The highest BCUT2D eigenvalue weighted by atomic mass is 16.7. The van der Waals surface area contributed by atoms with Gasteiger partial charge in [-0.05, 0) is 48.1 Å². The van der Waals surface area contributed by atoms with Crippen LogP contribution in [0.1, 0.15) is 80.8 Å². The number of unbranched alkanes of at least 4 members (excludes halogenated alkanes) is 2. The molecule has 0 aliphatic heterocycles. The SMILES string of the molecule is CCCCC1(CCCC)c2ccccc2-c2ccc(C(=O)/C(C)=N/OC=O)cc21. The summed E-state index contributed by atoms with van der Waals surface area (Å²) < 4.78 is 0. The van der Waals surface area contributed by atoms with Crippen molar-refractivity contribution in [3.05, 3.63) is 59.2 Å². The minimum Gasteiger partial charge on any atom is -0.321 e. The fourth-order valence-electron chi connectivity index (χ4n) is 4.57. The predicted molar refractivity (Wildman–Crippen MR) is 116 cm³/mol. The van der Waals surface area contributed by atoms with Gasteiger partial charge in [0.05, 0.1) is 0 Å². The lowest BCUT2D eigenvalue weighted by Crippen LogP contribution is -2.26. The number of rotatable bonds is 10. The van der Waals surface area contributed by atoms with Crippen LogP contribution >= 0.6 is 0 Å². The zero-order valence-electron chi connectivity index (χ0n) is 17.5. The summed E-state index contributed by atoms with van der Waals surface area (Å²) in [5.74, 6) is -0.217. The molecule has 0 saturated carbocycles. The van der Waals surface area contributed by atoms with Crippen LogP contribution in [0.25, 0.3) is 11.1 Å². The molecule has 0 saturated heterocycles. The molecule has 152 valence electrons. The van der Waals surface area contributed by atoms with Gasteiger partial charge in [-0.3, -0.25) is 9.59 Å². The maximum absolute atomic E-state index is 12.8. The first-order chi connectivity index (χ1) is 14.1. The normalized spacial score (nSPS) is 14.2. The second-order valence-electron chi connectivity index (χ2n) is 7.80. The molecule has 0 aromatic heterocycles. The van der Waals surface area contributed by atoms with Gasteiger partial charge in [0.25, 0.3) is 0 Å². The molecule has 0 N–H and O–H groups in total. The first-order valence-corrected chi connectivity index (χ1v) is 10.5. The summed E-state index contributed by atoms with van der Waals surface area (Å²) in [5.41, 5.74) is 5.83. The maximum atomic E-state index is 12.8. The second kappa shape index (κ2) is 9.17. The molecule has 0 unspecified atom stereocenters. The third-order valence-electron chi connectivity index (χ3n) is 6.01. The Balaban J connectivity index is 2.14. The van der Waals surface area contributed by atoms with Crippen LogP contribution in [0.2, 0.25) is 0 Å². The van der Waals surface area contributed by atoms with Crippen molar-refractivity contribution in [1.29, 1.82) is 0 Å². The van der Waals surface area contributed by atoms with E-state index in [9.17, 15) is 9.59 Å². The Kier molecular flexibility index (Phi) is 6.63. The molecule has 0 heterocycles. The molecule has 29 heavy (non-hydrogen) atoms. The number of nitrogens with zero attached hydrogens (tertiary/aromatic N) is 1. The Morgan fingerprint density at radius 1 is 1.00 bits per heavy atom. The molecule has 0 radical (unpaired) electrons. The molecular formula is C25H29NO3. The van der Waals surface area contributed by atoms with E-state index in [1.165, 1.54) is 22.3 Å². The number of carbonyl (C=O) groups excluding carboxylic acids is 2. The van der Waals surface area contributed by atoms with E-state index in [-0.39, 0.29) is 23.4 Å². The van der Waals surface area contributed by atoms with Crippen molar-refractivity contribution in [2.75, 3.05) is 0 Å². The number of Topliss-reactive ketones (excluding diaryl/α,β-unsaturated/α-hetero) is 1. The van der Waals surface area contributed by atoms with Crippen molar-refractivity contribution in [3.63, 3.8) is 0 Å². The Labute approximate surface area is 173 Å². The number of oxime groups is 1. The third-order valence-corrected chi connectivity index (χ3v) is 6.01. The average molecular weight is 392 g/mol. The molecule has 3 rings (SSSR count). The lowest BCUT2D eigenvalue weighted by molar-refractivity contribution is -0.128. The number of benzene rings is 2. The molecule has 0 amide bonds. The summed E-state index contributed by atoms with van der Waals surface area (Å²) in [5, 5.41) is 3.59. The standard InChI is InChI=1S/C25H29NO3/c1-4-6-14-25(15-7-5-2)22-11-9-8-10-20(22)21-13-12-19(16-23(21)25)24(28)18(3)26-29-17-27/h8-13,16-17H,4-7,14-15H2,1-3H3/b26-18+. The number of carbonyl (C=O) groups is 2. The molecule has 0 atom stereocenters. The Morgan fingerprint density at radius 2 is 1.66 bits per heavy atom. The van der Waals surface area contributed by atoms with Gasteiger partial charge < -0.3 is 4.84 Å². The zero-order chi connectivity index (χ0) is 20.9. The average Bonchev–Trinajstić information content (AvgIpc) is 3.03. The molecule has 2 aromatic carbocycles. The fourth-order valence-corrected chi connectivity index (χ4v) is 4.57. The van der Waals surface area contributed by atoms with Crippen LogP contribution in [-0.4, -0.2) is 18.0 Å². The predicted octanol–water partition coefficient (Wildman–Crippen LogP) is 6.07. The van der Waals surface area contributed by atoms with E-state index in [2.05, 4.69) is 54.2 Å². The minimum atomic E-state index is -0.217. The van der Waals surface area contributed by atoms with E-state index in [1.807, 2.05) is 12.1 Å². The van der Waals surface area contributed by atoms with Gasteiger partial charge in [-0.25, -0.2) is 0 Å². The van der Waals surface area contributed by atoms with E-state index < -0.39 is 0 Å². The zero-order valence-corrected chi connectivity index (χ0v) is 17.5. The van der Waals surface area contributed by atoms with E-state index in [4.69, 9.17) is 0 Å². The highest BCUT2D eigenvalue weighted by Gasteiger charge is 2.42. The van der Waals surface area contributed by atoms with Crippen molar-refractivity contribution in [2.24, 2.45) is 5.16 Å². The molecule has 1 aliphatic rings. The highest BCUT2D eigenvalue weighted by molar-refractivity contribution is 6.45. The van der Waals surface area contributed by atoms with Crippen molar-refractivity contribution in [3.8, 4) is 11.1 Å². The van der Waals surface area contributed by atoms with E-state index >= 15 is 0 Å². The van der Waals surface area contributed by atoms with Crippen molar-refractivity contribution in [1.82, 2.24) is 0 Å². The van der Waals surface area contributed by atoms with E-state index in [1.54, 1.807) is 6.92 Å². The van der Waals surface area contributed by atoms with Crippen molar-refractivity contribution < 1.29 is 14.4 Å². The van der Waals surface area contributed by atoms with E-state index in [0.29, 0.717) is 5.56 Å². The molecule has 0 bridgehead atoms. The Hall–Kier alpha value is -2.75. The summed E-state index contributed by atoms with van der Waals surface area (Å²) in [4.78, 5) is 27.6. The molecule has 2 aromatic rings. The summed E-state index contributed by atoms with van der Waals surface area (Å²) in [6.45, 7) is 6.23. The fraction of sp³-hybridized carbons (Fsp3) is 0.400. The van der Waals surface area contributed by atoms with Crippen LogP contribution in [0.4, 0.5) is 0 Å². The van der Waals surface area contributed by atoms with Crippen LogP contribution in [0, 0.1) is 0 Å². The van der Waals surface area contributed by atoms with Crippen LogP contribution < -0.4 is 0 Å². The van der Waals surface area contributed by atoms with Crippen LogP contribution in [0.15, 0.2) is 47.6 Å². The van der Waals surface area contributed by atoms with Crippen LogP contribution in [0.3, 0.4) is 0 Å². The van der Waals surface area contributed by atoms with Gasteiger partial charge in [0.2, 0.25) is 5.78 Å². The number of hydrogen-bond donors (Lipinski definition) is 0. The second-order valence-corrected chi connectivity index (χ2v) is 7.80. The third kappa shape index (κ3) is 3.89. The topological polar surface area (TPSA) is 55.7 Å². The van der Waals surface area contributed by atoms with Crippen molar-refractivity contribution in [2.45, 2.75) is 64.7 Å². The largest absolute Gasteiger partial charge is 0.323 e. The molecule has 1 aliphatic carbocycles. The van der Waals surface area contributed by atoms with Crippen LogP contribution in [0.5, 0.6) is 0 Å². The summed E-state index contributed by atoms with van der Waals surface area (Å²) >= 11 is 0. The van der Waals surface area contributed by atoms with E-state index in [0.717, 1.165) is 38.5 Å². The van der Waals surface area contributed by atoms with Crippen LogP contribution in [-0.2, 0) is 15.0 Å². The molecule has 0 fully saturated rings. The van der Waals surface area contributed by atoms with Gasteiger partial charge in [-0.15, -0.1) is 0 Å². The van der Waals surface area contributed by atoms with Gasteiger partial charge in [0.1, 0.15) is 5.71 Å². The first-order valence-electron chi connectivity index (χ1n) is 10.5. The van der Waals surface area contributed by atoms with Gasteiger partial charge >= 0.3 is 6.47 Å². The summed E-state index contributed by atoms with van der Waals surface area (Å²) in [6.07, 6.45) is 6.71. The van der Waals surface area contributed by atoms with Gasteiger partial charge in [-0.1, -0.05) is 81.1 Å². The minimum absolute atomic E-state index is 0.0570. The lowest BCUT2D eigenvalue weighted by Gasteiger charge is -2.32. The summed E-state index contributed by atoms with van der Waals surface area (Å²) in [6, 6.07) is 14.6. The lowest BCUT2D eigenvalue weighted by atomic mass is 9.70. The number of fused-ring (bicyclic) bond motifs is 3. The van der Waals surface area contributed by atoms with Gasteiger partial charge in [0, 0.05) is 11.0 Å². The highest BCUT2D eigenvalue weighted by Crippen LogP contribution is 2.54. The molecule has 4 nitrogen and oxygen atoms in total. The molecule has 4 heteroatoms.